The minimum Gasteiger partial charge on any atom is -0.397 e. The van der Waals surface area contributed by atoms with Gasteiger partial charge in [0.1, 0.15) is 0 Å². The van der Waals surface area contributed by atoms with Crippen molar-refractivity contribution in [3.63, 3.8) is 0 Å². The van der Waals surface area contributed by atoms with Crippen molar-refractivity contribution < 1.29 is 4.79 Å². The lowest BCUT2D eigenvalue weighted by Gasteiger charge is -2.19. The summed E-state index contributed by atoms with van der Waals surface area (Å²) >= 11 is 0. The largest absolute Gasteiger partial charge is 0.397 e. The number of nitrogens with one attached hydrogen (secondary N) is 1. The maximum absolute atomic E-state index is 11.4. The molecule has 0 heterocycles. The van der Waals surface area contributed by atoms with Crippen LogP contribution in [0, 0.1) is 0 Å². The quantitative estimate of drug-likeness (QED) is 0.734. The predicted molar refractivity (Wildman–Crippen MR) is 77.9 cm³/mol. The smallest absolute Gasteiger partial charge is 0.250 e. The monoisotopic (exact) mass is 255 g/mol. The molecule has 0 aliphatic rings. The van der Waals surface area contributed by atoms with E-state index in [0.717, 1.165) is 5.56 Å². The van der Waals surface area contributed by atoms with Crippen LogP contribution in [0.3, 0.4) is 0 Å². The van der Waals surface area contributed by atoms with E-state index in [1.54, 1.807) is 18.2 Å². The van der Waals surface area contributed by atoms with Gasteiger partial charge in [-0.25, -0.2) is 0 Å². The van der Waals surface area contributed by atoms with E-state index >= 15 is 0 Å². The average molecular weight is 255 g/mol. The second-order valence-corrected chi connectivity index (χ2v) is 4.41. The highest BCUT2D eigenvalue weighted by Crippen LogP contribution is 2.27. The summed E-state index contributed by atoms with van der Waals surface area (Å²) in [5, 5.41) is 3.25. The van der Waals surface area contributed by atoms with Crippen molar-refractivity contribution in [2.75, 3.05) is 11.1 Å². The van der Waals surface area contributed by atoms with E-state index in [4.69, 9.17) is 11.5 Å². The van der Waals surface area contributed by atoms with Crippen LogP contribution in [0.15, 0.2) is 48.5 Å². The summed E-state index contributed by atoms with van der Waals surface area (Å²) in [5.74, 6) is -0.491. The fourth-order valence-corrected chi connectivity index (χ4v) is 1.98. The van der Waals surface area contributed by atoms with Crippen LogP contribution in [0.5, 0.6) is 0 Å². The van der Waals surface area contributed by atoms with Crippen LogP contribution in [0.4, 0.5) is 11.4 Å². The second kappa shape index (κ2) is 5.44. The summed E-state index contributed by atoms with van der Waals surface area (Å²) in [4.78, 5) is 11.4. The van der Waals surface area contributed by atoms with Gasteiger partial charge in [-0.3, -0.25) is 4.79 Å². The molecule has 98 valence electrons. The zero-order chi connectivity index (χ0) is 13.8. The summed E-state index contributed by atoms with van der Waals surface area (Å²) in [6.07, 6.45) is 0. The molecule has 0 saturated carbocycles. The summed E-state index contributed by atoms with van der Waals surface area (Å²) in [6, 6.07) is 15.1. The number of nitrogen functional groups attached to an aromatic ring is 1. The maximum Gasteiger partial charge on any atom is 0.250 e. The minimum absolute atomic E-state index is 0.0315. The number of amides is 1. The molecule has 5 N–H and O–H groups in total. The van der Waals surface area contributed by atoms with Crippen molar-refractivity contribution in [2.45, 2.75) is 13.0 Å². The minimum atomic E-state index is -0.491. The van der Waals surface area contributed by atoms with Crippen molar-refractivity contribution in [1.82, 2.24) is 0 Å². The average Bonchev–Trinajstić information content (AvgIpc) is 2.41. The number of anilines is 2. The highest BCUT2D eigenvalue weighted by Gasteiger charge is 2.13. The first-order valence-electron chi connectivity index (χ1n) is 6.09. The Morgan fingerprint density at radius 2 is 1.79 bits per heavy atom. The third-order valence-electron chi connectivity index (χ3n) is 3.02. The van der Waals surface area contributed by atoms with Gasteiger partial charge in [0.25, 0.3) is 5.91 Å². The second-order valence-electron chi connectivity index (χ2n) is 4.41. The normalized spacial score (nSPS) is 11.8. The highest BCUT2D eigenvalue weighted by atomic mass is 16.1. The Balaban J connectivity index is 2.31. The molecule has 1 atom stereocenters. The molecule has 0 saturated heterocycles. The van der Waals surface area contributed by atoms with Crippen LogP contribution in [0.2, 0.25) is 0 Å². The Labute approximate surface area is 112 Å². The van der Waals surface area contributed by atoms with Gasteiger partial charge in [0, 0.05) is 6.04 Å². The standard InChI is InChI=1S/C15H17N3O/c1-10(11-6-3-2-4-7-11)18-14-12(15(17)19)8-5-9-13(14)16/h2-10,18H,16H2,1H3,(H2,17,19). The van der Waals surface area contributed by atoms with Gasteiger partial charge in [-0.2, -0.15) is 0 Å². The zero-order valence-electron chi connectivity index (χ0n) is 10.8. The predicted octanol–water partition coefficient (Wildman–Crippen LogP) is 2.54. The molecule has 4 heteroatoms. The number of rotatable bonds is 4. The van der Waals surface area contributed by atoms with E-state index in [2.05, 4.69) is 5.32 Å². The number of primary amides is 1. The molecule has 0 bridgehead atoms. The number of para-hydroxylation sites is 1. The Hall–Kier alpha value is -2.49. The van der Waals surface area contributed by atoms with Crippen LogP contribution in [0.25, 0.3) is 0 Å². The van der Waals surface area contributed by atoms with E-state index in [0.29, 0.717) is 16.9 Å². The summed E-state index contributed by atoms with van der Waals surface area (Å²) in [6.45, 7) is 2.01. The van der Waals surface area contributed by atoms with Gasteiger partial charge >= 0.3 is 0 Å². The molecule has 2 rings (SSSR count). The number of nitrogens with two attached hydrogens (primary N) is 2. The summed E-state index contributed by atoms with van der Waals surface area (Å²) < 4.78 is 0. The molecule has 0 aliphatic heterocycles. The molecule has 19 heavy (non-hydrogen) atoms. The Morgan fingerprint density at radius 1 is 1.11 bits per heavy atom. The number of benzene rings is 2. The van der Waals surface area contributed by atoms with Crippen LogP contribution >= 0.6 is 0 Å². The first-order chi connectivity index (χ1) is 9.09. The van der Waals surface area contributed by atoms with Crippen molar-refractivity contribution in [3.05, 3.63) is 59.7 Å². The molecule has 0 aliphatic carbocycles. The molecule has 1 amide bonds. The van der Waals surface area contributed by atoms with Gasteiger partial charge in [-0.15, -0.1) is 0 Å². The molecule has 0 radical (unpaired) electrons. The third-order valence-corrected chi connectivity index (χ3v) is 3.02. The molecule has 2 aromatic rings. The number of carbonyl (C=O) groups is 1. The van der Waals surface area contributed by atoms with Crippen LogP contribution in [-0.4, -0.2) is 5.91 Å². The van der Waals surface area contributed by atoms with Gasteiger partial charge in [-0.1, -0.05) is 36.4 Å². The Kier molecular flexibility index (Phi) is 3.71. The lowest BCUT2D eigenvalue weighted by atomic mass is 10.1. The zero-order valence-corrected chi connectivity index (χ0v) is 10.8. The van der Waals surface area contributed by atoms with Gasteiger partial charge < -0.3 is 16.8 Å². The van der Waals surface area contributed by atoms with Crippen molar-refractivity contribution in [3.8, 4) is 0 Å². The van der Waals surface area contributed by atoms with E-state index in [1.165, 1.54) is 0 Å². The number of hydrogen-bond donors (Lipinski definition) is 3. The fourth-order valence-electron chi connectivity index (χ4n) is 1.98. The van der Waals surface area contributed by atoms with Crippen LogP contribution in [0.1, 0.15) is 28.9 Å². The summed E-state index contributed by atoms with van der Waals surface area (Å²) in [5.41, 5.74) is 13.9. The maximum atomic E-state index is 11.4. The van der Waals surface area contributed by atoms with Crippen LogP contribution < -0.4 is 16.8 Å². The van der Waals surface area contributed by atoms with Gasteiger partial charge in [-0.05, 0) is 24.6 Å². The fraction of sp³-hybridized carbons (Fsp3) is 0.133. The van der Waals surface area contributed by atoms with Gasteiger partial charge in [0.15, 0.2) is 0 Å². The highest BCUT2D eigenvalue weighted by molar-refractivity contribution is 6.01. The SMILES string of the molecule is CC(Nc1c(N)cccc1C(N)=O)c1ccccc1. The van der Waals surface area contributed by atoms with E-state index in [9.17, 15) is 4.79 Å². The van der Waals surface area contributed by atoms with Crippen molar-refractivity contribution in [2.24, 2.45) is 5.73 Å². The lowest BCUT2D eigenvalue weighted by Crippen LogP contribution is -2.17. The van der Waals surface area contributed by atoms with Crippen molar-refractivity contribution in [1.29, 1.82) is 0 Å². The molecule has 0 spiro atoms. The summed E-state index contributed by atoms with van der Waals surface area (Å²) in [7, 11) is 0. The molecule has 1 unspecified atom stereocenters. The first kappa shape index (κ1) is 13.0. The number of carbonyl (C=O) groups excluding carboxylic acids is 1. The van der Waals surface area contributed by atoms with E-state index in [1.807, 2.05) is 37.3 Å². The van der Waals surface area contributed by atoms with E-state index < -0.39 is 5.91 Å². The van der Waals surface area contributed by atoms with E-state index in [-0.39, 0.29) is 6.04 Å². The van der Waals surface area contributed by atoms with Gasteiger partial charge in [0.05, 0.1) is 16.9 Å². The molecule has 2 aromatic carbocycles. The Morgan fingerprint density at radius 3 is 2.42 bits per heavy atom. The Bertz CT molecular complexity index is 581. The van der Waals surface area contributed by atoms with Crippen LogP contribution in [-0.2, 0) is 0 Å². The molecule has 4 nitrogen and oxygen atoms in total. The molecular formula is C15H17N3O. The molecule has 0 aromatic heterocycles. The number of hydrogen-bond acceptors (Lipinski definition) is 3. The first-order valence-corrected chi connectivity index (χ1v) is 6.09. The molecule has 0 fully saturated rings. The topological polar surface area (TPSA) is 81.1 Å². The van der Waals surface area contributed by atoms with Crippen molar-refractivity contribution >= 4 is 17.3 Å². The third kappa shape index (κ3) is 2.85. The van der Waals surface area contributed by atoms with Gasteiger partial charge in [0.2, 0.25) is 0 Å². The molecular weight excluding hydrogens is 238 g/mol. The lowest BCUT2D eigenvalue weighted by molar-refractivity contribution is 0.100.